The number of hydrogen-bond acceptors (Lipinski definition) is 3. The van der Waals surface area contributed by atoms with Crippen molar-refractivity contribution in [1.82, 2.24) is 4.57 Å². The lowest BCUT2D eigenvalue weighted by molar-refractivity contribution is -0.0305. The predicted octanol–water partition coefficient (Wildman–Crippen LogP) is 2.57. The topological polar surface area (TPSA) is 49.4 Å². The van der Waals surface area contributed by atoms with E-state index in [-0.39, 0.29) is 17.1 Å². The van der Waals surface area contributed by atoms with Crippen molar-refractivity contribution < 1.29 is 9.47 Å². The molecule has 2 unspecified atom stereocenters. The Morgan fingerprint density at radius 1 is 1.48 bits per heavy atom. The Bertz CT molecular complexity index is 527. The summed E-state index contributed by atoms with van der Waals surface area (Å²) in [5.74, 6) is 0. The molecule has 4 nitrogen and oxygen atoms in total. The van der Waals surface area contributed by atoms with Crippen LogP contribution >= 0.6 is 0 Å². The van der Waals surface area contributed by atoms with E-state index >= 15 is 0 Å². The van der Waals surface area contributed by atoms with Gasteiger partial charge in [-0.05, 0) is 36.8 Å². The molecule has 2 atom stereocenters. The third-order valence-electron chi connectivity index (χ3n) is 5.21. The lowest BCUT2D eigenvalue weighted by atomic mass is 9.74. The van der Waals surface area contributed by atoms with Crippen molar-refractivity contribution >= 4 is 0 Å². The molecule has 2 aliphatic rings. The monoisotopic (exact) mass is 292 g/mol. The van der Waals surface area contributed by atoms with Crippen molar-refractivity contribution in [2.24, 2.45) is 11.1 Å². The molecule has 2 heterocycles. The van der Waals surface area contributed by atoms with E-state index in [0.29, 0.717) is 6.61 Å². The van der Waals surface area contributed by atoms with Crippen LogP contribution in [0, 0.1) is 12.3 Å². The van der Waals surface area contributed by atoms with Crippen LogP contribution in [0.1, 0.15) is 49.7 Å². The van der Waals surface area contributed by atoms with Crippen LogP contribution in [0.4, 0.5) is 0 Å². The fourth-order valence-corrected chi connectivity index (χ4v) is 3.95. The summed E-state index contributed by atoms with van der Waals surface area (Å²) in [5.41, 5.74) is 10.5. The van der Waals surface area contributed by atoms with Crippen LogP contribution in [0.15, 0.2) is 6.07 Å². The van der Waals surface area contributed by atoms with Crippen LogP contribution < -0.4 is 5.73 Å². The second-order valence-electron chi connectivity index (χ2n) is 7.62. The van der Waals surface area contributed by atoms with Gasteiger partial charge in [-0.3, -0.25) is 0 Å². The average molecular weight is 292 g/mol. The number of methoxy groups -OCH3 is 1. The lowest BCUT2D eigenvalue weighted by Gasteiger charge is -2.36. The smallest absolute Gasteiger partial charge is 0.111 e. The Morgan fingerprint density at radius 2 is 2.24 bits per heavy atom. The molecule has 0 radical (unpaired) electrons. The Hall–Kier alpha value is -0.840. The quantitative estimate of drug-likeness (QED) is 0.931. The number of aryl methyl sites for hydroxylation is 1. The third-order valence-corrected chi connectivity index (χ3v) is 5.21. The van der Waals surface area contributed by atoms with Crippen LogP contribution in [0.25, 0.3) is 0 Å². The van der Waals surface area contributed by atoms with E-state index in [9.17, 15) is 0 Å². The SMILES string of the molecule is COC1(Cn2c(C)cc3c2CC(C)(C)CC3N)CCOC1. The molecule has 2 N–H and O–H groups in total. The zero-order valence-corrected chi connectivity index (χ0v) is 13.7. The molecule has 0 saturated carbocycles. The molecule has 21 heavy (non-hydrogen) atoms. The van der Waals surface area contributed by atoms with Crippen molar-refractivity contribution in [1.29, 1.82) is 0 Å². The van der Waals surface area contributed by atoms with Gasteiger partial charge in [0.1, 0.15) is 5.60 Å². The summed E-state index contributed by atoms with van der Waals surface area (Å²) < 4.78 is 13.8. The first kappa shape index (κ1) is 15.1. The molecule has 1 saturated heterocycles. The molecule has 118 valence electrons. The number of hydrogen-bond donors (Lipinski definition) is 1. The number of nitrogens with zero attached hydrogens (tertiary/aromatic N) is 1. The van der Waals surface area contributed by atoms with Crippen LogP contribution in [0.2, 0.25) is 0 Å². The summed E-state index contributed by atoms with van der Waals surface area (Å²) in [6.45, 7) is 9.15. The van der Waals surface area contributed by atoms with Crippen LogP contribution in [0.3, 0.4) is 0 Å². The number of ether oxygens (including phenoxy) is 2. The largest absolute Gasteiger partial charge is 0.378 e. The van der Waals surface area contributed by atoms with Crippen molar-refractivity contribution in [2.75, 3.05) is 20.3 Å². The fraction of sp³-hybridized carbons (Fsp3) is 0.765. The molecule has 1 aromatic rings. The molecular formula is C17H28N2O2. The predicted molar refractivity (Wildman–Crippen MR) is 83.4 cm³/mol. The highest BCUT2D eigenvalue weighted by molar-refractivity contribution is 5.34. The zero-order valence-electron chi connectivity index (χ0n) is 13.7. The Labute approximate surface area is 127 Å². The van der Waals surface area contributed by atoms with Gasteiger partial charge in [0.2, 0.25) is 0 Å². The Kier molecular flexibility index (Phi) is 3.67. The van der Waals surface area contributed by atoms with E-state index in [1.54, 1.807) is 7.11 Å². The van der Waals surface area contributed by atoms with Gasteiger partial charge in [0, 0.05) is 37.6 Å². The zero-order chi connectivity index (χ0) is 15.3. The molecule has 0 aromatic carbocycles. The number of aromatic nitrogens is 1. The Morgan fingerprint density at radius 3 is 2.86 bits per heavy atom. The van der Waals surface area contributed by atoms with Crippen LogP contribution in [-0.4, -0.2) is 30.5 Å². The van der Waals surface area contributed by atoms with Gasteiger partial charge in [-0.2, -0.15) is 0 Å². The van der Waals surface area contributed by atoms with Gasteiger partial charge in [0.15, 0.2) is 0 Å². The average Bonchev–Trinajstić information content (AvgIpc) is 2.98. The first-order valence-electron chi connectivity index (χ1n) is 7.93. The standard InChI is InChI=1S/C17H28N2O2/c1-12-7-13-14(18)8-16(2,3)9-15(13)19(12)10-17(20-4)5-6-21-11-17/h7,14H,5-6,8-11,18H2,1-4H3. The summed E-state index contributed by atoms with van der Waals surface area (Å²) in [6.07, 6.45) is 3.11. The molecule has 1 fully saturated rings. The minimum absolute atomic E-state index is 0.155. The van der Waals surface area contributed by atoms with Crippen molar-refractivity contribution in [3.8, 4) is 0 Å². The van der Waals surface area contributed by atoms with Gasteiger partial charge < -0.3 is 19.8 Å². The number of nitrogens with two attached hydrogens (primary N) is 1. The van der Waals surface area contributed by atoms with E-state index in [4.69, 9.17) is 15.2 Å². The van der Waals surface area contributed by atoms with E-state index in [1.165, 1.54) is 17.0 Å². The van der Waals surface area contributed by atoms with Crippen molar-refractivity contribution in [3.05, 3.63) is 23.0 Å². The van der Waals surface area contributed by atoms with E-state index in [1.807, 2.05) is 0 Å². The third kappa shape index (κ3) is 2.65. The second kappa shape index (κ2) is 5.11. The molecule has 3 rings (SSSR count). The first-order valence-corrected chi connectivity index (χ1v) is 7.93. The highest BCUT2D eigenvalue weighted by atomic mass is 16.5. The van der Waals surface area contributed by atoms with Gasteiger partial charge in [0.25, 0.3) is 0 Å². The maximum atomic E-state index is 6.41. The summed E-state index contributed by atoms with van der Waals surface area (Å²) in [6, 6.07) is 2.43. The van der Waals surface area contributed by atoms with Gasteiger partial charge in [-0.15, -0.1) is 0 Å². The van der Waals surface area contributed by atoms with Crippen LogP contribution in [0.5, 0.6) is 0 Å². The van der Waals surface area contributed by atoms with E-state index < -0.39 is 0 Å². The minimum atomic E-state index is -0.177. The molecular weight excluding hydrogens is 264 g/mol. The minimum Gasteiger partial charge on any atom is -0.378 e. The highest BCUT2D eigenvalue weighted by Crippen LogP contribution is 2.41. The maximum Gasteiger partial charge on any atom is 0.111 e. The summed E-state index contributed by atoms with van der Waals surface area (Å²) in [5, 5.41) is 0. The van der Waals surface area contributed by atoms with Gasteiger partial charge >= 0.3 is 0 Å². The normalized spacial score (nSPS) is 31.4. The van der Waals surface area contributed by atoms with E-state index in [0.717, 1.165) is 32.4 Å². The van der Waals surface area contributed by atoms with Crippen molar-refractivity contribution in [2.45, 2.75) is 58.2 Å². The maximum absolute atomic E-state index is 6.41. The summed E-state index contributed by atoms with van der Waals surface area (Å²) in [7, 11) is 1.80. The second-order valence-corrected chi connectivity index (χ2v) is 7.62. The molecule has 1 aromatic heterocycles. The number of fused-ring (bicyclic) bond motifs is 1. The van der Waals surface area contributed by atoms with Gasteiger partial charge in [0.05, 0.1) is 13.2 Å². The van der Waals surface area contributed by atoms with Gasteiger partial charge in [-0.25, -0.2) is 0 Å². The lowest BCUT2D eigenvalue weighted by Crippen LogP contribution is -2.39. The fourth-order valence-electron chi connectivity index (χ4n) is 3.95. The molecule has 0 bridgehead atoms. The molecule has 4 heteroatoms. The molecule has 1 aliphatic heterocycles. The molecule has 0 spiro atoms. The van der Waals surface area contributed by atoms with Crippen LogP contribution in [-0.2, 0) is 22.4 Å². The van der Waals surface area contributed by atoms with Gasteiger partial charge in [-0.1, -0.05) is 13.8 Å². The van der Waals surface area contributed by atoms with Crippen molar-refractivity contribution in [3.63, 3.8) is 0 Å². The first-order chi connectivity index (χ1) is 9.86. The molecule has 0 amide bonds. The Balaban J connectivity index is 1.97. The molecule has 1 aliphatic carbocycles. The summed E-state index contributed by atoms with van der Waals surface area (Å²) in [4.78, 5) is 0. The highest BCUT2D eigenvalue weighted by Gasteiger charge is 2.39. The van der Waals surface area contributed by atoms with E-state index in [2.05, 4.69) is 31.4 Å². The summed E-state index contributed by atoms with van der Waals surface area (Å²) >= 11 is 0. The number of rotatable bonds is 3.